The fourth-order valence-electron chi connectivity index (χ4n) is 1.87. The normalized spacial score (nSPS) is 19.7. The first-order valence-electron chi connectivity index (χ1n) is 6.05. The lowest BCUT2D eigenvalue weighted by Gasteiger charge is -2.22. The molecule has 1 aliphatic carbocycles. The van der Waals surface area contributed by atoms with Crippen molar-refractivity contribution in [2.24, 2.45) is 10.8 Å². The Hall–Kier alpha value is -0.0400. The van der Waals surface area contributed by atoms with Gasteiger partial charge < -0.3 is 4.74 Å². The number of hydrogen-bond donors (Lipinski definition) is 0. The van der Waals surface area contributed by atoms with Crippen LogP contribution in [-0.2, 0) is 4.74 Å². The Bertz CT molecular complexity index is 163. The number of ether oxygens (including phenoxy) is 1. The molecule has 0 amide bonds. The highest BCUT2D eigenvalue weighted by molar-refractivity contribution is 4.93. The third-order valence-corrected chi connectivity index (χ3v) is 3.34. The summed E-state index contributed by atoms with van der Waals surface area (Å²) in [6.45, 7) is 10.9. The fourth-order valence-corrected chi connectivity index (χ4v) is 1.87. The summed E-state index contributed by atoms with van der Waals surface area (Å²) < 4.78 is 5.44. The van der Waals surface area contributed by atoms with Crippen molar-refractivity contribution in [3.05, 3.63) is 0 Å². The average Bonchev–Trinajstić information content (AvgIpc) is 2.82. The Morgan fingerprint density at radius 2 is 1.79 bits per heavy atom. The molecule has 0 bridgehead atoms. The van der Waals surface area contributed by atoms with Gasteiger partial charge in [0.05, 0.1) is 0 Å². The van der Waals surface area contributed by atoms with Gasteiger partial charge in [0.2, 0.25) is 0 Å². The molecule has 1 rings (SSSR count). The minimum absolute atomic E-state index is 0.501. The summed E-state index contributed by atoms with van der Waals surface area (Å²) in [6.07, 6.45) is 6.94. The van der Waals surface area contributed by atoms with Crippen molar-refractivity contribution in [3.8, 4) is 0 Å². The molecule has 0 unspecified atom stereocenters. The van der Waals surface area contributed by atoms with Crippen LogP contribution < -0.4 is 0 Å². The van der Waals surface area contributed by atoms with Crippen molar-refractivity contribution in [1.82, 2.24) is 0 Å². The van der Waals surface area contributed by atoms with Crippen molar-refractivity contribution in [2.75, 3.05) is 13.2 Å². The predicted molar refractivity (Wildman–Crippen MR) is 61.5 cm³/mol. The highest BCUT2D eigenvalue weighted by atomic mass is 16.5. The van der Waals surface area contributed by atoms with E-state index in [4.69, 9.17) is 4.74 Å². The average molecular weight is 198 g/mol. The van der Waals surface area contributed by atoms with Crippen LogP contribution in [0.15, 0.2) is 0 Å². The first-order chi connectivity index (χ1) is 6.47. The van der Waals surface area contributed by atoms with Gasteiger partial charge in [0.15, 0.2) is 0 Å². The van der Waals surface area contributed by atoms with Crippen LogP contribution in [0.5, 0.6) is 0 Å². The molecule has 0 N–H and O–H groups in total. The molecule has 1 heteroatoms. The summed E-state index contributed by atoms with van der Waals surface area (Å²) in [7, 11) is 0. The Kier molecular flexibility index (Phi) is 4.00. The summed E-state index contributed by atoms with van der Waals surface area (Å²) in [4.78, 5) is 0. The van der Waals surface area contributed by atoms with Crippen molar-refractivity contribution in [2.45, 2.75) is 59.8 Å². The molecular formula is C13H26O. The molecule has 14 heavy (non-hydrogen) atoms. The Labute approximate surface area is 89.2 Å². The van der Waals surface area contributed by atoms with E-state index in [1.807, 2.05) is 0 Å². The van der Waals surface area contributed by atoms with Crippen LogP contribution in [0.3, 0.4) is 0 Å². The van der Waals surface area contributed by atoms with E-state index in [9.17, 15) is 0 Å². The quantitative estimate of drug-likeness (QED) is 0.586. The molecule has 0 saturated heterocycles. The van der Waals surface area contributed by atoms with Gasteiger partial charge >= 0.3 is 0 Å². The van der Waals surface area contributed by atoms with E-state index in [0.29, 0.717) is 10.8 Å². The van der Waals surface area contributed by atoms with Crippen LogP contribution in [0.1, 0.15) is 59.8 Å². The zero-order valence-corrected chi connectivity index (χ0v) is 10.4. The van der Waals surface area contributed by atoms with Gasteiger partial charge in [-0.25, -0.2) is 0 Å². The van der Waals surface area contributed by atoms with Crippen LogP contribution in [0.4, 0.5) is 0 Å². The van der Waals surface area contributed by atoms with Gasteiger partial charge in [-0.2, -0.15) is 0 Å². The van der Waals surface area contributed by atoms with Gasteiger partial charge in [0.25, 0.3) is 0 Å². The minimum atomic E-state index is 0.501. The molecule has 0 aliphatic heterocycles. The van der Waals surface area contributed by atoms with Crippen LogP contribution in [-0.4, -0.2) is 13.2 Å². The molecule has 1 saturated carbocycles. The highest BCUT2D eigenvalue weighted by Crippen LogP contribution is 2.53. The lowest BCUT2D eigenvalue weighted by molar-refractivity contribution is 0.123. The molecule has 0 atom stereocenters. The monoisotopic (exact) mass is 198 g/mol. The second kappa shape index (κ2) is 4.65. The second-order valence-corrected chi connectivity index (χ2v) is 6.01. The smallest absolute Gasteiger partial charge is 0.0471 e. The van der Waals surface area contributed by atoms with Gasteiger partial charge in [0.1, 0.15) is 0 Å². The van der Waals surface area contributed by atoms with Crippen LogP contribution in [0.2, 0.25) is 0 Å². The maximum atomic E-state index is 5.44. The van der Waals surface area contributed by atoms with Gasteiger partial charge in [-0.3, -0.25) is 0 Å². The third-order valence-electron chi connectivity index (χ3n) is 3.34. The minimum Gasteiger partial charge on any atom is -0.382 e. The number of rotatable bonds is 6. The van der Waals surface area contributed by atoms with Crippen molar-refractivity contribution in [3.63, 3.8) is 0 Å². The molecule has 0 heterocycles. The largest absolute Gasteiger partial charge is 0.382 e. The van der Waals surface area contributed by atoms with Crippen LogP contribution >= 0.6 is 0 Å². The first-order valence-corrected chi connectivity index (χ1v) is 6.05. The van der Waals surface area contributed by atoms with Crippen LogP contribution in [0, 0.1) is 10.8 Å². The maximum absolute atomic E-state index is 5.44. The van der Waals surface area contributed by atoms with E-state index >= 15 is 0 Å². The zero-order chi connectivity index (χ0) is 10.7. The van der Waals surface area contributed by atoms with Crippen molar-refractivity contribution >= 4 is 0 Å². The Balaban J connectivity index is 2.16. The molecule has 0 aromatic rings. The Morgan fingerprint density at radius 3 is 2.21 bits per heavy atom. The molecule has 0 aromatic heterocycles. The lowest BCUT2D eigenvalue weighted by atomic mass is 9.84. The Morgan fingerprint density at radius 1 is 1.14 bits per heavy atom. The topological polar surface area (TPSA) is 9.23 Å². The van der Waals surface area contributed by atoms with E-state index < -0.39 is 0 Å². The summed E-state index contributed by atoms with van der Waals surface area (Å²) in [5, 5.41) is 0. The van der Waals surface area contributed by atoms with Gasteiger partial charge in [0, 0.05) is 13.2 Å². The molecule has 0 aromatic carbocycles. The predicted octanol–water partition coefficient (Wildman–Crippen LogP) is 4.02. The van der Waals surface area contributed by atoms with Crippen molar-refractivity contribution in [1.29, 1.82) is 0 Å². The second-order valence-electron chi connectivity index (χ2n) is 6.01. The van der Waals surface area contributed by atoms with E-state index in [1.165, 1.54) is 32.1 Å². The number of hydrogen-bond acceptors (Lipinski definition) is 1. The molecule has 1 aliphatic rings. The fraction of sp³-hybridized carbons (Fsp3) is 1.00. The lowest BCUT2D eigenvalue weighted by Crippen LogP contribution is -2.12. The first kappa shape index (κ1) is 12.0. The van der Waals surface area contributed by atoms with Crippen molar-refractivity contribution < 1.29 is 4.74 Å². The van der Waals surface area contributed by atoms with Crippen LogP contribution in [0.25, 0.3) is 0 Å². The van der Waals surface area contributed by atoms with E-state index in [2.05, 4.69) is 27.7 Å². The van der Waals surface area contributed by atoms with E-state index in [1.54, 1.807) is 0 Å². The van der Waals surface area contributed by atoms with Gasteiger partial charge in [-0.05, 0) is 49.9 Å². The van der Waals surface area contributed by atoms with E-state index in [0.717, 1.165) is 13.2 Å². The SMILES string of the molecule is CCOCCC1(CCC(C)(C)C)CC1. The standard InChI is InChI=1S/C13H26O/c1-5-14-11-10-13(8-9-13)7-6-12(2,3)4/h5-11H2,1-4H3. The molecule has 0 spiro atoms. The summed E-state index contributed by atoms with van der Waals surface area (Å²) in [5.41, 5.74) is 1.18. The molecule has 1 nitrogen and oxygen atoms in total. The zero-order valence-electron chi connectivity index (χ0n) is 10.4. The van der Waals surface area contributed by atoms with Gasteiger partial charge in [-0.15, -0.1) is 0 Å². The highest BCUT2D eigenvalue weighted by Gasteiger charge is 2.41. The molecule has 0 radical (unpaired) electrons. The molecule has 1 fully saturated rings. The molecular weight excluding hydrogens is 172 g/mol. The van der Waals surface area contributed by atoms with Gasteiger partial charge in [-0.1, -0.05) is 20.8 Å². The van der Waals surface area contributed by atoms with E-state index in [-0.39, 0.29) is 0 Å². The summed E-state index contributed by atoms with van der Waals surface area (Å²) in [6, 6.07) is 0. The summed E-state index contributed by atoms with van der Waals surface area (Å²) in [5.74, 6) is 0. The summed E-state index contributed by atoms with van der Waals surface area (Å²) >= 11 is 0. The molecule has 84 valence electrons. The maximum Gasteiger partial charge on any atom is 0.0471 e. The third kappa shape index (κ3) is 4.45.